The van der Waals surface area contributed by atoms with Gasteiger partial charge in [-0.15, -0.1) is 0 Å². The molecule has 0 bridgehead atoms. The Morgan fingerprint density at radius 3 is 1.50 bits per heavy atom. The zero-order valence-corrected chi connectivity index (χ0v) is 36.7. The Hall–Kier alpha value is -6.67. The third-order valence-electron chi connectivity index (χ3n) is 9.50. The Bertz CT molecular complexity index is 2850. The number of tetrazole rings is 1. The maximum absolute atomic E-state index is 13.8. The molecule has 4 aromatic carbocycles. The van der Waals surface area contributed by atoms with Crippen LogP contribution in [0.2, 0.25) is 0 Å². The molecule has 0 spiro atoms. The van der Waals surface area contributed by atoms with E-state index in [1.54, 1.807) is 101 Å². The van der Waals surface area contributed by atoms with Crippen molar-refractivity contribution in [1.82, 2.24) is 34.7 Å². The van der Waals surface area contributed by atoms with E-state index < -0.39 is 58.3 Å². The van der Waals surface area contributed by atoms with Gasteiger partial charge in [-0.3, -0.25) is 15.3 Å². The molecule has 347 valence electrons. The first kappa shape index (κ1) is 50.3. The Kier molecular flexibility index (Phi) is 15.1. The summed E-state index contributed by atoms with van der Waals surface area (Å²) in [5.74, 6) is 0.464. The minimum atomic E-state index is -5.04. The molecule has 0 saturated heterocycles. The van der Waals surface area contributed by atoms with Crippen LogP contribution in [-0.4, -0.2) is 29.6 Å². The summed E-state index contributed by atoms with van der Waals surface area (Å²) in [6.07, 6.45) is -12.7. The molecular weight excluding hydrogens is 1070 g/mol. The maximum atomic E-state index is 13.8. The molecule has 8 rings (SSSR count). The van der Waals surface area contributed by atoms with Crippen LogP contribution in [0.25, 0.3) is 45.4 Å². The van der Waals surface area contributed by atoms with Crippen molar-refractivity contribution >= 4 is 0 Å². The number of aryl methyl sites for hydroxylation is 2. The monoisotopic (exact) mass is 1110 g/mol. The summed E-state index contributed by atoms with van der Waals surface area (Å²) >= 11 is 0. The summed E-state index contributed by atoms with van der Waals surface area (Å²) in [4.78, 5) is 4.02. The van der Waals surface area contributed by atoms with Crippen molar-refractivity contribution in [3.63, 3.8) is 0 Å². The molecule has 4 aromatic heterocycles. The Balaban J connectivity index is 0.000000207. The third-order valence-corrected chi connectivity index (χ3v) is 9.50. The quantitative estimate of drug-likeness (QED) is 0.0975. The Morgan fingerprint density at radius 1 is 0.591 bits per heavy atom. The Labute approximate surface area is 381 Å². The summed E-state index contributed by atoms with van der Waals surface area (Å²) < 4.78 is 163. The van der Waals surface area contributed by atoms with E-state index in [2.05, 4.69) is 50.4 Å². The van der Waals surface area contributed by atoms with Crippen molar-refractivity contribution in [2.75, 3.05) is 0 Å². The standard InChI is InChI=1S/C24H15F6N2.C14H11F6N2.C6H4N5.Ir/c1-31-15-32(20-13-12-18(23(25,26)27)14-19(20)24(28,29)30)22(17-10-6-3-7-11-17)21(31)16-8-4-2-5-9-16;1-8-9(2)22(7-21(8)3)12-5-4-10(13(15,16)17)6-11(12)14(18,19)20;1-2-4-7-5(3-1)6-8-10-11-9-6;/h2-12,14H,1H3;4,6H,1-3H3;1-4H;/q3*-1;. The summed E-state index contributed by atoms with van der Waals surface area (Å²) in [5, 5.41) is 14.0. The number of imidazole rings is 2. The first-order valence-electron chi connectivity index (χ1n) is 18.6. The van der Waals surface area contributed by atoms with Crippen LogP contribution in [0, 0.1) is 38.6 Å². The summed E-state index contributed by atoms with van der Waals surface area (Å²) in [5.41, 5.74) is -2.79. The topological polar surface area (TPSA) is 83.3 Å². The van der Waals surface area contributed by atoms with Gasteiger partial charge >= 0.3 is 24.7 Å². The molecule has 1 radical (unpaired) electrons. The number of hydrogen-bond donors (Lipinski definition) is 0. The molecule has 22 heteroatoms. The number of halogens is 12. The van der Waals surface area contributed by atoms with Gasteiger partial charge in [-0.25, -0.2) is 0 Å². The molecule has 0 N–H and O–H groups in total. The van der Waals surface area contributed by atoms with Crippen LogP contribution in [0.1, 0.15) is 33.6 Å². The van der Waals surface area contributed by atoms with Crippen LogP contribution in [0.4, 0.5) is 52.7 Å². The third kappa shape index (κ3) is 11.4. The molecule has 0 unspecified atom stereocenters. The fourth-order valence-corrected chi connectivity index (χ4v) is 6.24. The first-order valence-corrected chi connectivity index (χ1v) is 18.6. The van der Waals surface area contributed by atoms with Gasteiger partial charge in [-0.05, 0) is 37.1 Å². The van der Waals surface area contributed by atoms with E-state index in [1.807, 2.05) is 12.1 Å². The van der Waals surface area contributed by atoms with Crippen LogP contribution in [0.3, 0.4) is 0 Å². The zero-order valence-electron chi connectivity index (χ0n) is 34.3. The second-order valence-electron chi connectivity index (χ2n) is 13.8. The second kappa shape index (κ2) is 19.8. The maximum Gasteiger partial charge on any atom is 0.370 e. The zero-order chi connectivity index (χ0) is 47.5. The van der Waals surface area contributed by atoms with E-state index in [0.29, 0.717) is 57.6 Å². The van der Waals surface area contributed by atoms with Crippen LogP contribution < -0.4 is 14.2 Å². The Morgan fingerprint density at radius 2 is 1.08 bits per heavy atom. The smallest absolute Gasteiger partial charge is 0.345 e. The fraction of sp³-hybridized carbons (Fsp3) is 0.182. The number of aromatic nitrogens is 9. The van der Waals surface area contributed by atoms with Crippen LogP contribution in [0.15, 0.2) is 109 Å². The van der Waals surface area contributed by atoms with E-state index in [-0.39, 0.29) is 32.2 Å². The van der Waals surface area contributed by atoms with Gasteiger partial charge in [-0.1, -0.05) is 100 Å². The van der Waals surface area contributed by atoms with Gasteiger partial charge in [0.1, 0.15) is 0 Å². The number of rotatable bonds is 5. The second-order valence-corrected chi connectivity index (χ2v) is 13.8. The van der Waals surface area contributed by atoms with Crippen molar-refractivity contribution in [3.8, 4) is 45.4 Å². The molecule has 0 aliphatic heterocycles. The van der Waals surface area contributed by atoms with Crippen molar-refractivity contribution in [2.24, 2.45) is 14.1 Å². The van der Waals surface area contributed by atoms with Gasteiger partial charge in [0.2, 0.25) is 12.7 Å². The van der Waals surface area contributed by atoms with Gasteiger partial charge in [-0.2, -0.15) is 94.3 Å². The normalized spacial score (nSPS) is 11.8. The van der Waals surface area contributed by atoms with E-state index in [4.69, 9.17) is 0 Å². The molecule has 0 aliphatic rings. The molecule has 8 aromatic rings. The summed E-state index contributed by atoms with van der Waals surface area (Å²) in [7, 11) is 3.19. The van der Waals surface area contributed by atoms with Gasteiger partial charge in [0.05, 0.1) is 37.0 Å². The number of hydrogen-bond acceptors (Lipinski definition) is 4. The van der Waals surface area contributed by atoms with E-state index in [9.17, 15) is 52.7 Å². The average Bonchev–Trinajstić information content (AvgIpc) is 3.99. The van der Waals surface area contributed by atoms with Crippen molar-refractivity contribution in [3.05, 3.63) is 168 Å². The van der Waals surface area contributed by atoms with Crippen molar-refractivity contribution in [2.45, 2.75) is 38.6 Å². The van der Waals surface area contributed by atoms with Crippen LogP contribution >= 0.6 is 0 Å². The van der Waals surface area contributed by atoms with Crippen molar-refractivity contribution in [1.29, 1.82) is 0 Å². The van der Waals surface area contributed by atoms with Gasteiger partial charge in [0.15, 0.2) is 0 Å². The SMILES string of the molecule is C[n+]1[c-]n(-c2[c-]cc(C(F)(F)F)cc2C(F)(F)F)c(-c2ccccc2)c1-c1ccccc1.Cc1c(C)[n+](C)[c-]n1-c1[c-]cc(C(F)(F)F)cc1C(F)(F)F.[Ir].c1ccc(-c2nnn[n-]2)nc1. The van der Waals surface area contributed by atoms with E-state index in [0.717, 1.165) is 9.13 Å². The van der Waals surface area contributed by atoms with Gasteiger partial charge in [0.25, 0.3) is 0 Å². The van der Waals surface area contributed by atoms with Gasteiger partial charge < -0.3 is 23.4 Å². The first-order chi connectivity index (χ1) is 30.5. The number of pyridine rings is 1. The molecule has 66 heavy (non-hydrogen) atoms. The molecule has 0 fully saturated rings. The molecule has 0 saturated carbocycles. The molecule has 4 heterocycles. The molecule has 0 amide bonds. The molecule has 9 nitrogen and oxygen atoms in total. The predicted octanol–water partition coefficient (Wildman–Crippen LogP) is 9.72. The number of benzene rings is 4. The minimum absolute atomic E-state index is 0. The summed E-state index contributed by atoms with van der Waals surface area (Å²) in [6.45, 7) is 3.22. The average molecular weight is 1100 g/mol. The van der Waals surface area contributed by atoms with E-state index >= 15 is 0 Å². The molecule has 0 aliphatic carbocycles. The molecule has 0 atom stereocenters. The van der Waals surface area contributed by atoms with Gasteiger partial charge in [0, 0.05) is 37.7 Å². The number of nitrogens with zero attached hydrogens (tertiary/aromatic N) is 9. The largest absolute Gasteiger partial charge is 0.370 e. The van der Waals surface area contributed by atoms with Crippen LogP contribution in [-0.2, 0) is 58.9 Å². The van der Waals surface area contributed by atoms with E-state index in [1.165, 1.54) is 9.13 Å². The van der Waals surface area contributed by atoms with Crippen molar-refractivity contribution < 1.29 is 81.9 Å². The minimum Gasteiger partial charge on any atom is -0.345 e. The number of alkyl halides is 12. The predicted molar refractivity (Wildman–Crippen MR) is 206 cm³/mol. The molecular formula is C44H30F12IrN9-3. The fourth-order valence-electron chi connectivity index (χ4n) is 6.24. The summed E-state index contributed by atoms with van der Waals surface area (Å²) in [6, 6.07) is 28.6. The van der Waals surface area contributed by atoms with Crippen LogP contribution in [0.5, 0.6) is 0 Å².